The normalized spacial score (nSPS) is 11.2. The highest BCUT2D eigenvalue weighted by molar-refractivity contribution is 6.36. The Morgan fingerprint density at radius 1 is 0.795 bits per heavy atom. The number of aromatic nitrogens is 2. The molecule has 0 N–H and O–H groups in total. The number of halogens is 2. The third-order valence-corrected chi connectivity index (χ3v) is 7.01. The second-order valence-electron chi connectivity index (χ2n) is 9.36. The topological polar surface area (TPSA) is 30.3 Å². The summed E-state index contributed by atoms with van der Waals surface area (Å²) in [5.74, 6) is 2.49. The first-order valence-electron chi connectivity index (χ1n) is 12.8. The van der Waals surface area contributed by atoms with Crippen LogP contribution < -0.4 is 9.64 Å². The predicted molar refractivity (Wildman–Crippen MR) is 165 cm³/mol. The molecule has 0 aliphatic rings. The zero-order valence-corrected chi connectivity index (χ0v) is 23.6. The van der Waals surface area contributed by atoms with E-state index in [0.717, 1.165) is 57.5 Å². The second kappa shape index (κ2) is 11.8. The van der Waals surface area contributed by atoms with Crippen molar-refractivity contribution in [2.24, 2.45) is 0 Å². The summed E-state index contributed by atoms with van der Waals surface area (Å²) in [5, 5.41) is 1.20. The van der Waals surface area contributed by atoms with E-state index in [1.807, 2.05) is 74.9 Å². The Balaban J connectivity index is 1.27. The lowest BCUT2D eigenvalue weighted by Gasteiger charge is -2.13. The zero-order valence-electron chi connectivity index (χ0n) is 22.1. The van der Waals surface area contributed by atoms with Gasteiger partial charge >= 0.3 is 0 Å². The maximum atomic E-state index is 6.41. The largest absolute Gasteiger partial charge is 0.457 e. The molecule has 0 unspecified atom stereocenters. The highest BCUT2D eigenvalue weighted by Crippen LogP contribution is 2.31. The van der Waals surface area contributed by atoms with Crippen LogP contribution >= 0.6 is 23.2 Å². The summed E-state index contributed by atoms with van der Waals surface area (Å²) in [6.07, 6.45) is 6.12. The van der Waals surface area contributed by atoms with Gasteiger partial charge in [-0.3, -0.25) is 0 Å². The average Bonchev–Trinajstić information content (AvgIpc) is 3.36. The Labute approximate surface area is 239 Å². The molecule has 0 radical (unpaired) electrons. The van der Waals surface area contributed by atoms with Crippen molar-refractivity contribution in [3.63, 3.8) is 0 Å². The van der Waals surface area contributed by atoms with Gasteiger partial charge in [0.2, 0.25) is 0 Å². The maximum Gasteiger partial charge on any atom is 0.133 e. The molecule has 1 heterocycles. The monoisotopic (exact) mass is 553 g/mol. The van der Waals surface area contributed by atoms with Crippen LogP contribution in [-0.2, 0) is 6.54 Å². The van der Waals surface area contributed by atoms with Crippen LogP contribution in [0.5, 0.6) is 11.5 Å². The highest BCUT2D eigenvalue weighted by atomic mass is 35.5. The van der Waals surface area contributed by atoms with E-state index in [-0.39, 0.29) is 0 Å². The molecule has 0 saturated heterocycles. The molecule has 0 aliphatic heterocycles. The van der Waals surface area contributed by atoms with Crippen molar-refractivity contribution in [1.82, 2.24) is 9.55 Å². The van der Waals surface area contributed by atoms with Crippen molar-refractivity contribution in [2.75, 3.05) is 19.0 Å². The van der Waals surface area contributed by atoms with E-state index in [2.05, 4.69) is 58.9 Å². The van der Waals surface area contributed by atoms with Gasteiger partial charge < -0.3 is 14.2 Å². The van der Waals surface area contributed by atoms with E-state index in [0.29, 0.717) is 10.0 Å². The average molecular weight is 555 g/mol. The van der Waals surface area contributed by atoms with Gasteiger partial charge in [0, 0.05) is 43.1 Å². The van der Waals surface area contributed by atoms with Crippen LogP contribution in [0.25, 0.3) is 34.5 Å². The molecule has 0 saturated carbocycles. The molecule has 0 bridgehead atoms. The molecule has 6 heteroatoms. The Morgan fingerprint density at radius 2 is 1.41 bits per heavy atom. The van der Waals surface area contributed by atoms with Crippen LogP contribution in [-0.4, -0.2) is 23.6 Å². The maximum absolute atomic E-state index is 6.41. The molecule has 0 spiro atoms. The first-order chi connectivity index (χ1) is 18.9. The summed E-state index contributed by atoms with van der Waals surface area (Å²) in [6, 6.07) is 30.2. The van der Waals surface area contributed by atoms with Gasteiger partial charge in [0.1, 0.15) is 17.3 Å². The van der Waals surface area contributed by atoms with E-state index in [4.69, 9.17) is 32.9 Å². The van der Waals surface area contributed by atoms with E-state index < -0.39 is 0 Å². The first kappa shape index (κ1) is 26.6. The molecule has 5 aromatic rings. The standard InChI is InChI=1S/C33H29Cl2N3O/c1-4-38-22-32(30-19-12-26(34)21-31(30)35)36-33(38)20-7-23-5-8-24(9-6-23)25-10-15-28(16-11-25)39-29-17-13-27(14-18-29)37(2)3/h5-22H,4H2,1-3H3. The minimum Gasteiger partial charge on any atom is -0.457 e. The summed E-state index contributed by atoms with van der Waals surface area (Å²) < 4.78 is 8.11. The third kappa shape index (κ3) is 6.36. The Bertz CT molecular complexity index is 1590. The Kier molecular flexibility index (Phi) is 8.06. The second-order valence-corrected chi connectivity index (χ2v) is 10.2. The molecule has 0 fully saturated rings. The molecule has 4 aromatic carbocycles. The van der Waals surface area contributed by atoms with E-state index in [1.54, 1.807) is 6.07 Å². The van der Waals surface area contributed by atoms with Crippen LogP contribution in [0.2, 0.25) is 10.0 Å². The number of aryl methyl sites for hydroxylation is 1. The molecular formula is C33H29Cl2N3O. The molecule has 39 heavy (non-hydrogen) atoms. The summed E-state index contributed by atoms with van der Waals surface area (Å²) >= 11 is 12.5. The van der Waals surface area contributed by atoms with Crippen molar-refractivity contribution >= 4 is 41.0 Å². The Morgan fingerprint density at radius 3 is 2.00 bits per heavy atom. The van der Waals surface area contributed by atoms with Gasteiger partial charge in [-0.1, -0.05) is 65.7 Å². The fourth-order valence-electron chi connectivity index (χ4n) is 4.26. The van der Waals surface area contributed by atoms with E-state index >= 15 is 0 Å². The molecule has 5 rings (SSSR count). The zero-order chi connectivity index (χ0) is 27.4. The van der Waals surface area contributed by atoms with Crippen LogP contribution in [0.4, 0.5) is 5.69 Å². The summed E-state index contributed by atoms with van der Waals surface area (Å²) in [4.78, 5) is 6.87. The number of hydrogen-bond donors (Lipinski definition) is 0. The minimum absolute atomic E-state index is 0.590. The van der Waals surface area contributed by atoms with Crippen molar-refractivity contribution in [2.45, 2.75) is 13.5 Å². The van der Waals surface area contributed by atoms with Gasteiger partial charge in [0.05, 0.1) is 10.7 Å². The van der Waals surface area contributed by atoms with Crippen molar-refractivity contribution in [1.29, 1.82) is 0 Å². The number of rotatable bonds is 8. The smallest absolute Gasteiger partial charge is 0.133 e. The number of hydrogen-bond acceptors (Lipinski definition) is 3. The fourth-order valence-corrected chi connectivity index (χ4v) is 4.77. The summed E-state index contributed by atoms with van der Waals surface area (Å²) in [7, 11) is 4.04. The first-order valence-corrected chi connectivity index (χ1v) is 13.5. The number of benzene rings is 4. The SMILES string of the molecule is CCn1cc(-c2ccc(Cl)cc2Cl)nc1C=Cc1ccc(-c2ccc(Oc3ccc(N(C)C)cc3)cc2)cc1. The lowest BCUT2D eigenvalue weighted by Crippen LogP contribution is -2.07. The predicted octanol–water partition coefficient (Wildman–Crippen LogP) is 9.57. The van der Waals surface area contributed by atoms with Gasteiger partial charge in [0.15, 0.2) is 0 Å². The summed E-state index contributed by atoms with van der Waals surface area (Å²) in [6.45, 7) is 2.90. The third-order valence-electron chi connectivity index (χ3n) is 6.47. The van der Waals surface area contributed by atoms with Gasteiger partial charge in [-0.05, 0) is 84.3 Å². The molecule has 0 aliphatic carbocycles. The molecule has 0 atom stereocenters. The van der Waals surface area contributed by atoms with Crippen molar-refractivity contribution in [3.05, 3.63) is 119 Å². The minimum atomic E-state index is 0.590. The van der Waals surface area contributed by atoms with Crippen molar-refractivity contribution < 1.29 is 4.74 Å². The number of anilines is 1. The van der Waals surface area contributed by atoms with E-state index in [9.17, 15) is 0 Å². The lowest BCUT2D eigenvalue weighted by atomic mass is 10.0. The summed E-state index contributed by atoms with van der Waals surface area (Å²) in [5.41, 5.74) is 6.20. The van der Waals surface area contributed by atoms with Crippen molar-refractivity contribution in [3.8, 4) is 33.9 Å². The van der Waals surface area contributed by atoms with Gasteiger partial charge in [-0.25, -0.2) is 4.98 Å². The number of nitrogens with zero attached hydrogens (tertiary/aromatic N) is 3. The van der Waals surface area contributed by atoms with Gasteiger partial charge in [-0.2, -0.15) is 0 Å². The Hall–Kier alpha value is -3.99. The van der Waals surface area contributed by atoms with Crippen LogP contribution in [0.3, 0.4) is 0 Å². The van der Waals surface area contributed by atoms with Crippen LogP contribution in [0.15, 0.2) is 97.2 Å². The molecule has 0 amide bonds. The highest BCUT2D eigenvalue weighted by Gasteiger charge is 2.10. The molecule has 196 valence electrons. The van der Waals surface area contributed by atoms with E-state index in [1.165, 1.54) is 0 Å². The molecular weight excluding hydrogens is 525 g/mol. The molecule has 1 aromatic heterocycles. The number of imidazole rings is 1. The quantitative estimate of drug-likeness (QED) is 0.191. The van der Waals surface area contributed by atoms with Gasteiger partial charge in [0.25, 0.3) is 0 Å². The van der Waals surface area contributed by atoms with Gasteiger partial charge in [-0.15, -0.1) is 0 Å². The molecule has 4 nitrogen and oxygen atoms in total. The fraction of sp³-hybridized carbons (Fsp3) is 0.121. The number of ether oxygens (including phenoxy) is 1. The van der Waals surface area contributed by atoms with Crippen LogP contribution in [0.1, 0.15) is 18.3 Å². The lowest BCUT2D eigenvalue weighted by molar-refractivity contribution is 0.483. The van der Waals surface area contributed by atoms with Crippen LogP contribution in [0, 0.1) is 0 Å².